The van der Waals surface area contributed by atoms with E-state index in [9.17, 15) is 0 Å². The van der Waals surface area contributed by atoms with E-state index < -0.39 is 0 Å². The molecule has 1 aliphatic rings. The van der Waals surface area contributed by atoms with Gasteiger partial charge in [0.15, 0.2) is 0 Å². The van der Waals surface area contributed by atoms with E-state index in [1.165, 1.54) is 22.3 Å². The number of rotatable bonds is 3. The van der Waals surface area contributed by atoms with Crippen LogP contribution in [0.1, 0.15) is 28.3 Å². The Labute approximate surface area is 161 Å². The van der Waals surface area contributed by atoms with Crippen LogP contribution in [-0.2, 0) is 13.0 Å². The molecule has 3 aromatic rings. The molecule has 3 heteroatoms. The van der Waals surface area contributed by atoms with Gasteiger partial charge in [0.05, 0.1) is 0 Å². The molecule has 0 aromatic heterocycles. The van der Waals surface area contributed by atoms with Crippen LogP contribution in [0.4, 0.5) is 0 Å². The molecular weight excluding hydrogens is 340 g/mol. The summed E-state index contributed by atoms with van der Waals surface area (Å²) in [5.74, 6) is 1.14. The van der Waals surface area contributed by atoms with E-state index in [2.05, 4.69) is 96.9 Å². The lowest BCUT2D eigenvalue weighted by molar-refractivity contribution is 0.494. The lowest BCUT2D eigenvalue weighted by atomic mass is 9.95. The monoisotopic (exact) mass is 362 g/mol. The second-order valence-corrected chi connectivity index (χ2v) is 6.58. The Hall–Kier alpha value is -2.58. The molecule has 2 nitrogen and oxygen atoms in total. The van der Waals surface area contributed by atoms with E-state index in [0.717, 1.165) is 18.8 Å². The molecule has 0 fully saturated rings. The number of hydrogen-bond donors (Lipinski definition) is 0. The molecule has 0 aliphatic carbocycles. The fraction of sp³-hybridized carbons (Fsp3) is 0.174. The molecule has 0 saturated heterocycles. The molecule has 0 spiro atoms. The lowest BCUT2D eigenvalue weighted by Crippen LogP contribution is -2.27. The van der Waals surface area contributed by atoms with E-state index in [-0.39, 0.29) is 18.4 Å². The highest BCUT2D eigenvalue weighted by molar-refractivity contribution is 5.85. The third-order valence-corrected chi connectivity index (χ3v) is 4.80. The zero-order valence-electron chi connectivity index (χ0n) is 14.9. The van der Waals surface area contributed by atoms with Gasteiger partial charge in [-0.25, -0.2) is 0 Å². The minimum atomic E-state index is 0. The summed E-state index contributed by atoms with van der Waals surface area (Å²) in [6.45, 7) is 0.894. The van der Waals surface area contributed by atoms with Crippen LogP contribution in [-0.4, -0.2) is 17.8 Å². The smallest absolute Gasteiger partial charge is 0.105 e. The molecule has 0 radical (unpaired) electrons. The maximum atomic E-state index is 5.21. The fourth-order valence-corrected chi connectivity index (χ4v) is 3.46. The molecule has 26 heavy (non-hydrogen) atoms. The van der Waals surface area contributed by atoms with Crippen molar-refractivity contribution in [3.05, 3.63) is 107 Å². The number of halogens is 1. The molecule has 0 N–H and O–H groups in total. The Balaban J connectivity index is 0.00000196. The van der Waals surface area contributed by atoms with Crippen LogP contribution in [0, 0.1) is 0 Å². The molecular formula is C23H23ClN2. The Bertz CT molecular complexity index is 875. The first-order chi connectivity index (χ1) is 12.3. The maximum Gasteiger partial charge on any atom is 0.105 e. The number of fused-ring (bicyclic) bond motifs is 1. The zero-order valence-corrected chi connectivity index (χ0v) is 15.7. The highest BCUT2D eigenvalue weighted by atomic mass is 35.5. The molecule has 3 aromatic carbocycles. The minimum absolute atomic E-state index is 0. The fourth-order valence-electron chi connectivity index (χ4n) is 3.46. The van der Waals surface area contributed by atoms with Crippen LogP contribution < -0.4 is 0 Å². The first-order valence-corrected chi connectivity index (χ1v) is 8.76. The molecule has 0 amide bonds. The van der Waals surface area contributed by atoms with E-state index in [1.807, 2.05) is 0 Å². The highest BCUT2D eigenvalue weighted by Crippen LogP contribution is 2.32. The van der Waals surface area contributed by atoms with Gasteiger partial charge < -0.3 is 4.90 Å². The Morgan fingerprint density at radius 3 is 2.19 bits per heavy atom. The summed E-state index contributed by atoms with van der Waals surface area (Å²) in [5.41, 5.74) is 5.20. The van der Waals surface area contributed by atoms with Crippen LogP contribution in [0.5, 0.6) is 0 Å². The molecule has 0 saturated carbocycles. The summed E-state index contributed by atoms with van der Waals surface area (Å²) in [7, 11) is 2.14. The molecule has 0 bridgehead atoms. The molecule has 1 aliphatic heterocycles. The van der Waals surface area contributed by atoms with Crippen molar-refractivity contribution in [2.24, 2.45) is 4.99 Å². The second-order valence-electron chi connectivity index (χ2n) is 6.58. The van der Waals surface area contributed by atoms with Gasteiger partial charge in [-0.3, -0.25) is 4.99 Å². The average Bonchev–Trinajstić information content (AvgIpc) is 2.80. The number of aliphatic imine (C=N–C) groups is 1. The number of benzene rings is 3. The number of nitrogens with zero attached hydrogens (tertiary/aromatic N) is 2. The summed E-state index contributed by atoms with van der Waals surface area (Å²) in [6, 6.07) is 29.9. The molecule has 4 rings (SSSR count). The predicted molar refractivity (Wildman–Crippen MR) is 111 cm³/mol. The van der Waals surface area contributed by atoms with Crippen molar-refractivity contribution < 1.29 is 0 Å². The second kappa shape index (κ2) is 8.20. The molecule has 1 atom stereocenters. The largest absolute Gasteiger partial charge is 0.359 e. The van der Waals surface area contributed by atoms with Gasteiger partial charge in [0.1, 0.15) is 11.9 Å². The molecule has 1 unspecified atom stereocenters. The summed E-state index contributed by atoms with van der Waals surface area (Å²) < 4.78 is 0. The van der Waals surface area contributed by atoms with Crippen molar-refractivity contribution >= 4 is 18.2 Å². The van der Waals surface area contributed by atoms with Crippen molar-refractivity contribution in [1.29, 1.82) is 0 Å². The maximum absolute atomic E-state index is 5.21. The molecule has 1 heterocycles. The number of amidine groups is 1. The van der Waals surface area contributed by atoms with Crippen LogP contribution in [0.15, 0.2) is 89.9 Å². The van der Waals surface area contributed by atoms with Gasteiger partial charge in [-0.15, -0.1) is 12.4 Å². The van der Waals surface area contributed by atoms with E-state index in [4.69, 9.17) is 4.99 Å². The SMILES string of the molecule is CN1Cc2ccccc2C(c2ccccc2)N=C1Cc1ccccc1.Cl. The van der Waals surface area contributed by atoms with Crippen LogP contribution >= 0.6 is 12.4 Å². The molecule has 132 valence electrons. The Morgan fingerprint density at radius 2 is 1.46 bits per heavy atom. The normalized spacial score (nSPS) is 16.1. The number of hydrogen-bond acceptors (Lipinski definition) is 2. The van der Waals surface area contributed by atoms with Gasteiger partial charge in [-0.1, -0.05) is 84.9 Å². The quantitative estimate of drug-likeness (QED) is 0.618. The van der Waals surface area contributed by atoms with Crippen LogP contribution in [0.2, 0.25) is 0 Å². The Morgan fingerprint density at radius 1 is 0.846 bits per heavy atom. The van der Waals surface area contributed by atoms with E-state index in [0.29, 0.717) is 0 Å². The van der Waals surface area contributed by atoms with Gasteiger partial charge in [0, 0.05) is 20.0 Å². The first-order valence-electron chi connectivity index (χ1n) is 8.76. The summed E-state index contributed by atoms with van der Waals surface area (Å²) in [6.07, 6.45) is 0.856. The van der Waals surface area contributed by atoms with Crippen molar-refractivity contribution in [3.8, 4) is 0 Å². The van der Waals surface area contributed by atoms with Gasteiger partial charge in [0.25, 0.3) is 0 Å². The first kappa shape index (κ1) is 18.2. The number of likely N-dealkylation sites (N-methyl/N-ethyl adjacent to an activating group) is 1. The summed E-state index contributed by atoms with van der Waals surface area (Å²) in [5, 5.41) is 0. The predicted octanol–water partition coefficient (Wildman–Crippen LogP) is 5.28. The van der Waals surface area contributed by atoms with Gasteiger partial charge >= 0.3 is 0 Å². The summed E-state index contributed by atoms with van der Waals surface area (Å²) >= 11 is 0. The highest BCUT2D eigenvalue weighted by Gasteiger charge is 2.23. The van der Waals surface area contributed by atoms with Crippen molar-refractivity contribution in [2.75, 3.05) is 7.05 Å². The van der Waals surface area contributed by atoms with E-state index >= 15 is 0 Å². The average molecular weight is 363 g/mol. The Kier molecular flexibility index (Phi) is 5.75. The topological polar surface area (TPSA) is 15.6 Å². The standard InChI is InChI=1S/C23H22N2.ClH/c1-25-17-20-14-8-9-15-21(20)23(19-12-6-3-7-13-19)24-22(25)16-18-10-4-2-5-11-18;/h2-15,23H,16-17H2,1H3;1H. The van der Waals surface area contributed by atoms with Crippen molar-refractivity contribution in [3.63, 3.8) is 0 Å². The third-order valence-electron chi connectivity index (χ3n) is 4.80. The van der Waals surface area contributed by atoms with Gasteiger partial charge in [-0.2, -0.15) is 0 Å². The van der Waals surface area contributed by atoms with Crippen molar-refractivity contribution in [2.45, 2.75) is 19.0 Å². The van der Waals surface area contributed by atoms with Gasteiger partial charge in [-0.05, 0) is 22.3 Å². The zero-order chi connectivity index (χ0) is 17.1. The third kappa shape index (κ3) is 3.81. The van der Waals surface area contributed by atoms with Crippen molar-refractivity contribution in [1.82, 2.24) is 4.90 Å². The minimum Gasteiger partial charge on any atom is -0.359 e. The van der Waals surface area contributed by atoms with Crippen LogP contribution in [0.3, 0.4) is 0 Å². The lowest BCUT2D eigenvalue weighted by Gasteiger charge is -2.20. The van der Waals surface area contributed by atoms with E-state index in [1.54, 1.807) is 0 Å². The summed E-state index contributed by atoms with van der Waals surface area (Å²) in [4.78, 5) is 7.49. The van der Waals surface area contributed by atoms with Crippen LogP contribution in [0.25, 0.3) is 0 Å². The van der Waals surface area contributed by atoms with Gasteiger partial charge in [0.2, 0.25) is 0 Å².